The molecule has 0 aromatic carbocycles. The van der Waals surface area contributed by atoms with E-state index in [2.05, 4.69) is 0 Å². The van der Waals surface area contributed by atoms with E-state index in [1.54, 1.807) is 0 Å². The van der Waals surface area contributed by atoms with Crippen molar-refractivity contribution in [3.05, 3.63) is 0 Å². The summed E-state index contributed by atoms with van der Waals surface area (Å²) >= 11 is 0. The Hall–Kier alpha value is -0.610. The van der Waals surface area contributed by atoms with Crippen molar-refractivity contribution >= 4 is 5.97 Å². The highest BCUT2D eigenvalue weighted by molar-refractivity contribution is 5.67. The van der Waals surface area contributed by atoms with Crippen LogP contribution in [-0.4, -0.2) is 29.3 Å². The van der Waals surface area contributed by atoms with Crippen molar-refractivity contribution in [1.82, 2.24) is 0 Å². The second kappa shape index (κ2) is 4.28. The molecule has 3 N–H and O–H groups in total. The van der Waals surface area contributed by atoms with Crippen LogP contribution in [0.2, 0.25) is 0 Å². The van der Waals surface area contributed by atoms with Crippen LogP contribution < -0.4 is 5.73 Å². The van der Waals surface area contributed by atoms with Crippen molar-refractivity contribution < 1.29 is 14.6 Å². The molecule has 0 bridgehead atoms. The Kier molecular flexibility index (Phi) is 3.50. The highest BCUT2D eigenvalue weighted by Crippen LogP contribution is 2.30. The molecule has 1 fully saturated rings. The third kappa shape index (κ3) is 3.27. The Morgan fingerprint density at radius 3 is 2.86 bits per heavy atom. The van der Waals surface area contributed by atoms with Crippen LogP contribution in [0.25, 0.3) is 0 Å². The molecule has 1 aliphatic rings. The van der Waals surface area contributed by atoms with Crippen LogP contribution in [0.5, 0.6) is 0 Å². The van der Waals surface area contributed by atoms with Crippen LogP contribution in [-0.2, 0) is 9.53 Å². The molecule has 0 radical (unpaired) electrons. The van der Waals surface area contributed by atoms with Gasteiger partial charge < -0.3 is 15.6 Å². The van der Waals surface area contributed by atoms with Gasteiger partial charge in [-0.1, -0.05) is 0 Å². The predicted octanol–water partition coefficient (Wildman–Crippen LogP) is 0.994. The quantitative estimate of drug-likeness (QED) is 0.714. The number of nitrogens with two attached hydrogens (primary N) is 1. The minimum atomic E-state index is -0.818. The maximum atomic E-state index is 10.5. The second-order valence-electron chi connectivity index (χ2n) is 4.62. The van der Waals surface area contributed by atoms with Gasteiger partial charge >= 0.3 is 5.97 Å². The van der Waals surface area contributed by atoms with Gasteiger partial charge in [0.15, 0.2) is 0 Å². The molecular weight excluding hydrogens is 182 g/mol. The van der Waals surface area contributed by atoms with Crippen LogP contribution in [0, 0.1) is 5.92 Å². The molecule has 1 aliphatic heterocycles. The Morgan fingerprint density at radius 1 is 1.71 bits per heavy atom. The summed E-state index contributed by atoms with van der Waals surface area (Å²) in [5.74, 6) is -0.545. The predicted molar refractivity (Wildman–Crippen MR) is 53.0 cm³/mol. The summed E-state index contributed by atoms with van der Waals surface area (Å²) in [6.45, 7) is 4.73. The number of carboxylic acids is 1. The average Bonchev–Trinajstić information content (AvgIpc) is 2.01. The number of rotatable bonds is 3. The Labute approximate surface area is 84.4 Å². The summed E-state index contributed by atoms with van der Waals surface area (Å²) in [5, 5.41) is 8.63. The van der Waals surface area contributed by atoms with Crippen LogP contribution in [0.1, 0.15) is 33.1 Å². The van der Waals surface area contributed by atoms with E-state index >= 15 is 0 Å². The van der Waals surface area contributed by atoms with Gasteiger partial charge in [-0.2, -0.15) is 0 Å². The van der Waals surface area contributed by atoms with Gasteiger partial charge in [0.2, 0.25) is 0 Å². The molecule has 1 rings (SSSR count). The summed E-state index contributed by atoms with van der Waals surface area (Å²) in [5.41, 5.74) is 5.68. The molecule has 4 heteroatoms. The lowest BCUT2D eigenvalue weighted by atomic mass is 9.82. The maximum absolute atomic E-state index is 10.5. The Bertz CT molecular complexity index is 215. The van der Waals surface area contributed by atoms with Gasteiger partial charge in [0.05, 0.1) is 12.0 Å². The molecule has 2 atom stereocenters. The molecule has 0 aromatic heterocycles. The van der Waals surface area contributed by atoms with Crippen LogP contribution in [0.4, 0.5) is 0 Å². The summed E-state index contributed by atoms with van der Waals surface area (Å²) in [6, 6.07) is -0.240. The molecule has 1 heterocycles. The molecule has 0 aromatic rings. The second-order valence-corrected chi connectivity index (χ2v) is 4.62. The zero-order chi connectivity index (χ0) is 10.8. The van der Waals surface area contributed by atoms with Gasteiger partial charge in [0, 0.05) is 12.6 Å². The van der Waals surface area contributed by atoms with E-state index in [1.165, 1.54) is 0 Å². The summed E-state index contributed by atoms with van der Waals surface area (Å²) in [4.78, 5) is 10.5. The lowest BCUT2D eigenvalue weighted by molar-refractivity contribution is -0.138. The van der Waals surface area contributed by atoms with Crippen molar-refractivity contribution in [2.24, 2.45) is 11.7 Å². The van der Waals surface area contributed by atoms with Crippen molar-refractivity contribution in [1.29, 1.82) is 0 Å². The monoisotopic (exact) mass is 201 g/mol. The van der Waals surface area contributed by atoms with E-state index < -0.39 is 5.97 Å². The van der Waals surface area contributed by atoms with Crippen molar-refractivity contribution in [2.45, 2.75) is 44.8 Å². The van der Waals surface area contributed by atoms with Gasteiger partial charge in [0.1, 0.15) is 0 Å². The topological polar surface area (TPSA) is 72.6 Å². The highest BCUT2D eigenvalue weighted by Gasteiger charge is 2.32. The summed E-state index contributed by atoms with van der Waals surface area (Å²) in [7, 11) is 0. The van der Waals surface area contributed by atoms with Crippen LogP contribution in [0.3, 0.4) is 0 Å². The van der Waals surface area contributed by atoms with Crippen molar-refractivity contribution in [3.8, 4) is 0 Å². The fourth-order valence-electron chi connectivity index (χ4n) is 2.01. The Morgan fingerprint density at radius 2 is 2.36 bits per heavy atom. The first-order valence-corrected chi connectivity index (χ1v) is 5.02. The molecule has 0 unspecified atom stereocenters. The lowest BCUT2D eigenvalue weighted by Crippen LogP contribution is -2.42. The van der Waals surface area contributed by atoms with E-state index in [1.807, 2.05) is 13.8 Å². The normalized spacial score (nSPS) is 28.4. The van der Waals surface area contributed by atoms with E-state index in [-0.39, 0.29) is 24.0 Å². The number of carboxylic acid groups (broad SMARTS) is 1. The number of aliphatic carboxylic acids is 1. The third-order valence-electron chi connectivity index (χ3n) is 2.75. The van der Waals surface area contributed by atoms with Crippen LogP contribution >= 0.6 is 0 Å². The molecule has 4 nitrogen and oxygen atoms in total. The highest BCUT2D eigenvalue weighted by atomic mass is 16.5. The smallest absolute Gasteiger partial charge is 0.304 e. The maximum Gasteiger partial charge on any atom is 0.304 e. The first-order chi connectivity index (χ1) is 6.41. The first-order valence-electron chi connectivity index (χ1n) is 5.02. The van der Waals surface area contributed by atoms with Gasteiger partial charge in [-0.3, -0.25) is 4.79 Å². The number of hydrogen-bond donors (Lipinski definition) is 2. The molecule has 0 aliphatic carbocycles. The average molecular weight is 201 g/mol. The van der Waals surface area contributed by atoms with Gasteiger partial charge in [-0.05, 0) is 32.6 Å². The molecule has 0 spiro atoms. The number of carbonyl (C=O) groups is 1. The zero-order valence-corrected chi connectivity index (χ0v) is 8.82. The SMILES string of the molecule is CC1(C)C[C@@H]([C@H](N)CC(=O)O)CCO1. The third-order valence-corrected chi connectivity index (χ3v) is 2.75. The fraction of sp³-hybridized carbons (Fsp3) is 0.900. The van der Waals surface area contributed by atoms with Crippen LogP contribution in [0.15, 0.2) is 0 Å². The van der Waals surface area contributed by atoms with Crippen molar-refractivity contribution in [3.63, 3.8) is 0 Å². The largest absolute Gasteiger partial charge is 0.481 e. The number of ether oxygens (including phenoxy) is 1. The zero-order valence-electron chi connectivity index (χ0n) is 8.82. The van der Waals surface area contributed by atoms with Gasteiger partial charge in [0.25, 0.3) is 0 Å². The summed E-state index contributed by atoms with van der Waals surface area (Å²) < 4.78 is 5.55. The van der Waals surface area contributed by atoms with E-state index in [0.717, 1.165) is 12.8 Å². The molecule has 0 saturated carbocycles. The van der Waals surface area contributed by atoms with E-state index in [0.29, 0.717) is 6.61 Å². The summed E-state index contributed by atoms with van der Waals surface area (Å²) in [6.07, 6.45) is 1.78. The molecule has 82 valence electrons. The van der Waals surface area contributed by atoms with E-state index in [4.69, 9.17) is 15.6 Å². The lowest BCUT2D eigenvalue weighted by Gasteiger charge is -2.37. The van der Waals surface area contributed by atoms with Gasteiger partial charge in [-0.25, -0.2) is 0 Å². The van der Waals surface area contributed by atoms with Crippen molar-refractivity contribution in [2.75, 3.05) is 6.61 Å². The molecule has 14 heavy (non-hydrogen) atoms. The Balaban J connectivity index is 2.47. The minimum Gasteiger partial charge on any atom is -0.481 e. The van der Waals surface area contributed by atoms with Gasteiger partial charge in [-0.15, -0.1) is 0 Å². The molecular formula is C10H19NO3. The van der Waals surface area contributed by atoms with E-state index in [9.17, 15) is 4.79 Å². The standard InChI is InChI=1S/C10H19NO3/c1-10(2)6-7(3-4-14-10)8(11)5-9(12)13/h7-8H,3-6,11H2,1-2H3,(H,12,13)/t7-,8+/m0/s1. The first kappa shape index (κ1) is 11.5. The minimum absolute atomic E-state index is 0.0563. The fourth-order valence-corrected chi connectivity index (χ4v) is 2.01. The number of hydrogen-bond acceptors (Lipinski definition) is 3. The molecule has 1 saturated heterocycles. The molecule has 0 amide bonds.